The number of benzene rings is 1. The van der Waals surface area contributed by atoms with Gasteiger partial charge in [-0.15, -0.1) is 0 Å². The lowest BCUT2D eigenvalue weighted by Crippen LogP contribution is -2.26. The van der Waals surface area contributed by atoms with Crippen LogP contribution in [0.3, 0.4) is 0 Å². The van der Waals surface area contributed by atoms with Crippen LogP contribution in [-0.4, -0.2) is 38.2 Å². The molecule has 102 valence electrons. The quantitative estimate of drug-likeness (QED) is 0.771. The Morgan fingerprint density at radius 3 is 2.61 bits per heavy atom. The molecule has 1 N–H and O–H groups in total. The highest BCUT2D eigenvalue weighted by atomic mass is 35.5. The predicted molar refractivity (Wildman–Crippen MR) is 77.5 cm³/mol. The van der Waals surface area contributed by atoms with E-state index in [1.807, 2.05) is 32.0 Å². The number of nitrogens with one attached hydrogen (secondary N) is 1. The minimum absolute atomic E-state index is 0.145. The predicted octanol–water partition coefficient (Wildman–Crippen LogP) is 2.78. The molecule has 0 aliphatic heterocycles. The minimum Gasteiger partial charge on any atom is -0.489 e. The summed E-state index contributed by atoms with van der Waals surface area (Å²) in [6, 6.07) is 5.94. The summed E-state index contributed by atoms with van der Waals surface area (Å²) in [5.41, 5.74) is 1.18. The van der Waals surface area contributed by atoms with Crippen molar-refractivity contribution in [1.82, 2.24) is 10.2 Å². The molecule has 4 heteroatoms. The van der Waals surface area contributed by atoms with E-state index in [1.54, 1.807) is 0 Å². The average Bonchev–Trinajstić information content (AvgIpc) is 2.27. The van der Waals surface area contributed by atoms with Gasteiger partial charge in [0.05, 0.1) is 11.1 Å². The van der Waals surface area contributed by atoms with Crippen LogP contribution in [0.4, 0.5) is 0 Å². The molecule has 0 aliphatic rings. The van der Waals surface area contributed by atoms with E-state index in [-0.39, 0.29) is 6.10 Å². The number of hydrogen-bond donors (Lipinski definition) is 1. The third-order valence-electron chi connectivity index (χ3n) is 2.42. The van der Waals surface area contributed by atoms with E-state index in [0.29, 0.717) is 5.02 Å². The Kier molecular flexibility index (Phi) is 6.47. The van der Waals surface area contributed by atoms with Crippen LogP contribution in [0.25, 0.3) is 0 Å². The molecule has 3 nitrogen and oxygen atoms in total. The van der Waals surface area contributed by atoms with E-state index in [2.05, 4.69) is 24.3 Å². The highest BCUT2D eigenvalue weighted by molar-refractivity contribution is 6.32. The summed E-state index contributed by atoms with van der Waals surface area (Å²) in [6.45, 7) is 6.81. The third kappa shape index (κ3) is 5.71. The van der Waals surface area contributed by atoms with E-state index in [4.69, 9.17) is 16.3 Å². The molecule has 0 aliphatic carbocycles. The number of nitrogens with zero attached hydrogens (tertiary/aromatic N) is 1. The van der Waals surface area contributed by atoms with Gasteiger partial charge in [0.15, 0.2) is 0 Å². The molecule has 0 atom stereocenters. The Bertz CT molecular complexity index is 367. The van der Waals surface area contributed by atoms with E-state index in [9.17, 15) is 0 Å². The molecule has 0 saturated heterocycles. The zero-order valence-corrected chi connectivity index (χ0v) is 12.4. The fraction of sp³-hybridized carbons (Fsp3) is 0.571. The van der Waals surface area contributed by atoms with Crippen LogP contribution in [0.15, 0.2) is 18.2 Å². The molecular weight excluding hydrogens is 248 g/mol. The second-order valence-corrected chi connectivity index (χ2v) is 5.32. The Morgan fingerprint density at radius 2 is 2.06 bits per heavy atom. The number of likely N-dealkylation sites (N-methyl/N-ethyl adjacent to an activating group) is 1. The van der Waals surface area contributed by atoms with Crippen LogP contribution >= 0.6 is 11.6 Å². The van der Waals surface area contributed by atoms with Crippen molar-refractivity contribution in [2.45, 2.75) is 26.5 Å². The van der Waals surface area contributed by atoms with E-state index < -0.39 is 0 Å². The van der Waals surface area contributed by atoms with Crippen LogP contribution in [0.2, 0.25) is 5.02 Å². The summed E-state index contributed by atoms with van der Waals surface area (Å²) < 4.78 is 5.60. The molecule has 0 aromatic heterocycles. The minimum atomic E-state index is 0.145. The highest BCUT2D eigenvalue weighted by Gasteiger charge is 2.04. The zero-order chi connectivity index (χ0) is 13.5. The van der Waals surface area contributed by atoms with Gasteiger partial charge < -0.3 is 15.0 Å². The van der Waals surface area contributed by atoms with Gasteiger partial charge in [-0.25, -0.2) is 0 Å². The molecule has 0 heterocycles. The summed E-state index contributed by atoms with van der Waals surface area (Å²) in [5, 5.41) is 4.06. The molecule has 0 amide bonds. The average molecular weight is 271 g/mol. The van der Waals surface area contributed by atoms with Crippen LogP contribution < -0.4 is 10.1 Å². The van der Waals surface area contributed by atoms with Crippen LogP contribution in [0, 0.1) is 0 Å². The first-order chi connectivity index (χ1) is 8.49. The van der Waals surface area contributed by atoms with Crippen molar-refractivity contribution in [1.29, 1.82) is 0 Å². The van der Waals surface area contributed by atoms with Gasteiger partial charge in [-0.1, -0.05) is 17.7 Å². The Labute approximate surface area is 115 Å². The fourth-order valence-corrected chi connectivity index (χ4v) is 1.79. The van der Waals surface area contributed by atoms with Crippen molar-refractivity contribution in [3.63, 3.8) is 0 Å². The van der Waals surface area contributed by atoms with E-state index >= 15 is 0 Å². The van der Waals surface area contributed by atoms with Gasteiger partial charge >= 0.3 is 0 Å². The second kappa shape index (κ2) is 7.62. The largest absolute Gasteiger partial charge is 0.489 e. The summed E-state index contributed by atoms with van der Waals surface area (Å²) >= 11 is 6.18. The maximum Gasteiger partial charge on any atom is 0.138 e. The SMILES string of the molecule is CC(C)Oc1ccc(CNCCN(C)C)cc1Cl. The van der Waals surface area contributed by atoms with Crippen molar-refractivity contribution < 1.29 is 4.74 Å². The molecule has 1 aromatic rings. The zero-order valence-electron chi connectivity index (χ0n) is 11.7. The lowest BCUT2D eigenvalue weighted by Gasteiger charge is -2.13. The highest BCUT2D eigenvalue weighted by Crippen LogP contribution is 2.26. The van der Waals surface area contributed by atoms with Gasteiger partial charge in [0.2, 0.25) is 0 Å². The molecule has 1 aromatic carbocycles. The molecule has 0 radical (unpaired) electrons. The monoisotopic (exact) mass is 270 g/mol. The van der Waals surface area contributed by atoms with Crippen LogP contribution in [-0.2, 0) is 6.54 Å². The molecule has 0 unspecified atom stereocenters. The van der Waals surface area contributed by atoms with Crippen molar-refractivity contribution in [2.24, 2.45) is 0 Å². The fourth-order valence-electron chi connectivity index (χ4n) is 1.54. The first-order valence-corrected chi connectivity index (χ1v) is 6.67. The lowest BCUT2D eigenvalue weighted by atomic mass is 10.2. The number of hydrogen-bond acceptors (Lipinski definition) is 3. The van der Waals surface area contributed by atoms with Crippen molar-refractivity contribution in [3.8, 4) is 5.75 Å². The van der Waals surface area contributed by atoms with Gasteiger partial charge in [0.25, 0.3) is 0 Å². The summed E-state index contributed by atoms with van der Waals surface area (Å²) in [4.78, 5) is 2.15. The summed E-state index contributed by atoms with van der Waals surface area (Å²) in [5.74, 6) is 0.753. The lowest BCUT2D eigenvalue weighted by molar-refractivity contribution is 0.242. The van der Waals surface area contributed by atoms with Crippen molar-refractivity contribution in [2.75, 3.05) is 27.2 Å². The second-order valence-electron chi connectivity index (χ2n) is 4.91. The van der Waals surface area contributed by atoms with Crippen molar-refractivity contribution >= 4 is 11.6 Å². The number of rotatable bonds is 7. The molecule has 1 rings (SSSR count). The molecule has 18 heavy (non-hydrogen) atoms. The van der Waals surface area contributed by atoms with Gasteiger partial charge in [0.1, 0.15) is 5.75 Å². The van der Waals surface area contributed by atoms with Gasteiger partial charge in [-0.2, -0.15) is 0 Å². The maximum atomic E-state index is 6.18. The number of ether oxygens (including phenoxy) is 1. The number of halogens is 1. The van der Waals surface area contributed by atoms with Crippen LogP contribution in [0.5, 0.6) is 5.75 Å². The topological polar surface area (TPSA) is 24.5 Å². The third-order valence-corrected chi connectivity index (χ3v) is 2.72. The molecule has 0 spiro atoms. The van der Waals surface area contributed by atoms with E-state index in [1.165, 1.54) is 5.56 Å². The Hall–Kier alpha value is -0.770. The standard InChI is InChI=1S/C14H23ClN2O/c1-11(2)18-14-6-5-12(9-13(14)15)10-16-7-8-17(3)4/h5-6,9,11,16H,7-8,10H2,1-4H3. The summed E-state index contributed by atoms with van der Waals surface area (Å²) in [7, 11) is 4.13. The molecule has 0 fully saturated rings. The molecule has 0 saturated carbocycles. The first-order valence-electron chi connectivity index (χ1n) is 6.29. The van der Waals surface area contributed by atoms with Crippen LogP contribution in [0.1, 0.15) is 19.4 Å². The van der Waals surface area contributed by atoms with Gasteiger partial charge in [-0.05, 0) is 45.6 Å². The smallest absolute Gasteiger partial charge is 0.138 e. The van der Waals surface area contributed by atoms with Crippen molar-refractivity contribution in [3.05, 3.63) is 28.8 Å². The van der Waals surface area contributed by atoms with Gasteiger partial charge in [0, 0.05) is 19.6 Å². The maximum absolute atomic E-state index is 6.18. The van der Waals surface area contributed by atoms with E-state index in [0.717, 1.165) is 25.4 Å². The normalized spacial score (nSPS) is 11.3. The first kappa shape index (κ1) is 15.3. The molecule has 0 bridgehead atoms. The Morgan fingerprint density at radius 1 is 1.33 bits per heavy atom. The van der Waals surface area contributed by atoms with Gasteiger partial charge in [-0.3, -0.25) is 0 Å². The Balaban J connectivity index is 2.46. The molecular formula is C14H23ClN2O. The summed E-state index contributed by atoms with van der Waals surface area (Å²) in [6.07, 6.45) is 0.145.